The van der Waals surface area contributed by atoms with Crippen molar-refractivity contribution >= 4 is 0 Å². The second-order valence-electron chi connectivity index (χ2n) is 2.13. The van der Waals surface area contributed by atoms with E-state index >= 15 is 0 Å². The van der Waals surface area contributed by atoms with Gasteiger partial charge in [-0.15, -0.1) is 0 Å². The lowest BCUT2D eigenvalue weighted by atomic mass is 10.2. The molecule has 0 amide bonds. The van der Waals surface area contributed by atoms with E-state index in [1.165, 1.54) is 18.2 Å². The number of hydrogen-bond acceptors (Lipinski definition) is 1. The van der Waals surface area contributed by atoms with Crippen molar-refractivity contribution in [3.8, 4) is 5.75 Å². The summed E-state index contributed by atoms with van der Waals surface area (Å²) in [5.41, 5.74) is 0.248. The van der Waals surface area contributed by atoms with Crippen molar-refractivity contribution in [1.82, 2.24) is 0 Å². The van der Waals surface area contributed by atoms with E-state index in [-0.39, 0.29) is 11.3 Å². The summed E-state index contributed by atoms with van der Waals surface area (Å²) in [6.45, 7) is -3.43. The monoisotopic (exact) mass is 173 g/mol. The zero-order valence-electron chi connectivity index (χ0n) is 6.17. The van der Waals surface area contributed by atoms with E-state index in [1.54, 1.807) is 6.07 Å². The van der Waals surface area contributed by atoms with Crippen LogP contribution >= 0.6 is 0 Å². The van der Waals surface area contributed by atoms with Crippen LogP contribution in [0.2, 0.25) is 0 Å². The molecule has 0 aliphatic rings. The van der Waals surface area contributed by atoms with Crippen molar-refractivity contribution in [1.29, 1.82) is 0 Å². The molecule has 1 aromatic carbocycles. The molecular weight excluding hydrogens is 166 g/mol. The van der Waals surface area contributed by atoms with Crippen LogP contribution in [0.3, 0.4) is 0 Å². The Hall–Kier alpha value is -1.16. The molecule has 0 N–H and O–H groups in total. The van der Waals surface area contributed by atoms with E-state index in [9.17, 15) is 13.9 Å². The highest BCUT2D eigenvalue weighted by atomic mass is 19.3. The largest absolute Gasteiger partial charge is 0.434 e. The molecule has 65 valence electrons. The summed E-state index contributed by atoms with van der Waals surface area (Å²) < 4.78 is 27.5. The Morgan fingerprint density at radius 1 is 1.33 bits per heavy atom. The molecule has 0 aromatic heterocycles. The molecule has 0 aliphatic heterocycles. The minimum Gasteiger partial charge on any atom is -0.434 e. The zero-order chi connectivity index (χ0) is 8.97. The van der Waals surface area contributed by atoms with Gasteiger partial charge in [0, 0.05) is 5.56 Å². The van der Waals surface area contributed by atoms with Crippen LogP contribution in [0.5, 0.6) is 5.75 Å². The van der Waals surface area contributed by atoms with Crippen LogP contribution in [0, 0.1) is 0 Å². The van der Waals surface area contributed by atoms with Crippen molar-refractivity contribution in [2.24, 2.45) is 0 Å². The van der Waals surface area contributed by atoms with Crippen molar-refractivity contribution < 1.29 is 18.6 Å². The SMILES string of the molecule is [O]Cc1ccccc1OC(F)F. The van der Waals surface area contributed by atoms with Gasteiger partial charge in [-0.05, 0) is 6.07 Å². The Morgan fingerprint density at radius 3 is 2.58 bits per heavy atom. The molecule has 0 saturated carbocycles. The maximum absolute atomic E-state index is 11.7. The molecule has 0 spiro atoms. The van der Waals surface area contributed by atoms with E-state index in [2.05, 4.69) is 4.74 Å². The Bertz CT molecular complexity index is 251. The molecule has 1 rings (SSSR count). The van der Waals surface area contributed by atoms with E-state index in [4.69, 9.17) is 0 Å². The predicted molar refractivity (Wildman–Crippen MR) is 37.5 cm³/mol. The van der Waals surface area contributed by atoms with E-state index < -0.39 is 13.2 Å². The fourth-order valence-corrected chi connectivity index (χ4v) is 0.834. The van der Waals surface area contributed by atoms with Gasteiger partial charge in [0.05, 0.1) is 0 Å². The van der Waals surface area contributed by atoms with Crippen molar-refractivity contribution in [3.63, 3.8) is 0 Å². The van der Waals surface area contributed by atoms with E-state index in [0.717, 1.165) is 0 Å². The molecule has 1 aromatic rings. The summed E-state index contributed by atoms with van der Waals surface area (Å²) in [6, 6.07) is 5.95. The molecule has 0 aliphatic carbocycles. The predicted octanol–water partition coefficient (Wildman–Crippen LogP) is 2.22. The number of hydrogen-bond donors (Lipinski definition) is 0. The normalized spacial score (nSPS) is 10.3. The summed E-state index contributed by atoms with van der Waals surface area (Å²) in [7, 11) is 0. The third kappa shape index (κ3) is 2.17. The van der Waals surface area contributed by atoms with Crippen LogP contribution in [0.25, 0.3) is 0 Å². The van der Waals surface area contributed by atoms with Gasteiger partial charge in [-0.1, -0.05) is 18.2 Å². The molecule has 0 fully saturated rings. The average Bonchev–Trinajstić information content (AvgIpc) is 2.04. The first kappa shape index (κ1) is 8.93. The fraction of sp³-hybridized carbons (Fsp3) is 0.250. The molecule has 4 heteroatoms. The summed E-state index contributed by atoms with van der Waals surface area (Å²) in [6.07, 6.45) is 0. The van der Waals surface area contributed by atoms with Crippen molar-refractivity contribution in [3.05, 3.63) is 29.8 Å². The van der Waals surface area contributed by atoms with Gasteiger partial charge >= 0.3 is 6.61 Å². The summed E-state index contributed by atoms with van der Waals surface area (Å²) in [5.74, 6) is -0.0394. The van der Waals surface area contributed by atoms with Gasteiger partial charge in [0.1, 0.15) is 12.4 Å². The molecule has 1 radical (unpaired) electrons. The van der Waals surface area contributed by atoms with Gasteiger partial charge in [-0.2, -0.15) is 8.78 Å². The third-order valence-corrected chi connectivity index (χ3v) is 1.34. The minimum absolute atomic E-state index is 0.0394. The minimum atomic E-state index is -2.88. The molecule has 0 atom stereocenters. The lowest BCUT2D eigenvalue weighted by molar-refractivity contribution is -0.0512. The molecule has 0 unspecified atom stereocenters. The zero-order valence-corrected chi connectivity index (χ0v) is 6.17. The third-order valence-electron chi connectivity index (χ3n) is 1.34. The highest BCUT2D eigenvalue weighted by molar-refractivity contribution is 5.32. The summed E-state index contributed by atoms with van der Waals surface area (Å²) in [4.78, 5) is 0. The van der Waals surface area contributed by atoms with Crippen molar-refractivity contribution in [2.75, 3.05) is 0 Å². The quantitative estimate of drug-likeness (QED) is 0.688. The standard InChI is InChI=1S/C8H7F2O2/c9-8(10)12-7-4-2-1-3-6(7)5-11/h1-4,8H,5H2. The average molecular weight is 173 g/mol. The molecule has 12 heavy (non-hydrogen) atoms. The molecule has 0 bridgehead atoms. The Balaban J connectivity index is 2.82. The number of para-hydroxylation sites is 1. The topological polar surface area (TPSA) is 29.1 Å². The lowest BCUT2D eigenvalue weighted by Crippen LogP contribution is -2.03. The first-order valence-corrected chi connectivity index (χ1v) is 3.35. The Kier molecular flexibility index (Phi) is 2.99. The van der Waals surface area contributed by atoms with E-state index in [0.29, 0.717) is 0 Å². The smallest absolute Gasteiger partial charge is 0.387 e. The summed E-state index contributed by atoms with van der Waals surface area (Å²) >= 11 is 0. The van der Waals surface area contributed by atoms with Crippen LogP contribution in [0.15, 0.2) is 24.3 Å². The van der Waals surface area contributed by atoms with E-state index in [1.807, 2.05) is 0 Å². The number of alkyl halides is 2. The van der Waals surface area contributed by atoms with Gasteiger partial charge in [0.15, 0.2) is 0 Å². The molecule has 0 heterocycles. The number of benzene rings is 1. The van der Waals surface area contributed by atoms with Gasteiger partial charge < -0.3 is 4.74 Å². The fourth-order valence-electron chi connectivity index (χ4n) is 0.834. The van der Waals surface area contributed by atoms with Crippen LogP contribution in [-0.2, 0) is 11.7 Å². The number of halogens is 2. The van der Waals surface area contributed by atoms with Crippen LogP contribution < -0.4 is 4.74 Å². The highest BCUT2D eigenvalue weighted by Crippen LogP contribution is 2.19. The van der Waals surface area contributed by atoms with Crippen LogP contribution in [-0.4, -0.2) is 6.61 Å². The van der Waals surface area contributed by atoms with Crippen LogP contribution in [0.4, 0.5) is 8.78 Å². The first-order valence-electron chi connectivity index (χ1n) is 3.35. The van der Waals surface area contributed by atoms with Crippen LogP contribution in [0.1, 0.15) is 5.56 Å². The second-order valence-corrected chi connectivity index (χ2v) is 2.13. The maximum atomic E-state index is 11.7. The summed E-state index contributed by atoms with van der Waals surface area (Å²) in [5, 5.41) is 10.4. The molecule has 0 saturated heterocycles. The van der Waals surface area contributed by atoms with Gasteiger partial charge in [-0.3, -0.25) is 0 Å². The van der Waals surface area contributed by atoms with Crippen molar-refractivity contribution in [2.45, 2.75) is 13.2 Å². The van der Waals surface area contributed by atoms with Gasteiger partial charge in [-0.25, -0.2) is 5.11 Å². The second kappa shape index (κ2) is 4.01. The van der Waals surface area contributed by atoms with Gasteiger partial charge in [0.25, 0.3) is 0 Å². The number of rotatable bonds is 3. The Morgan fingerprint density at radius 2 is 2.00 bits per heavy atom. The molecular formula is C8H7F2O2. The Labute approximate surface area is 68.4 Å². The molecule has 2 nitrogen and oxygen atoms in total. The number of ether oxygens (including phenoxy) is 1. The maximum Gasteiger partial charge on any atom is 0.387 e. The first-order chi connectivity index (χ1) is 5.74. The highest BCUT2D eigenvalue weighted by Gasteiger charge is 2.07. The lowest BCUT2D eigenvalue weighted by Gasteiger charge is -2.06. The van der Waals surface area contributed by atoms with Gasteiger partial charge in [0.2, 0.25) is 0 Å².